The number of halogens is 1. The molecule has 198 valence electrons. The number of nitrogens with one attached hydrogen (secondary N) is 1. The Kier molecular flexibility index (Phi) is 11.1. The summed E-state index contributed by atoms with van der Waals surface area (Å²) >= 11 is 0. The zero-order valence-electron chi connectivity index (χ0n) is 21.2. The lowest BCUT2D eigenvalue weighted by atomic mass is 10.1. The fourth-order valence-electron chi connectivity index (χ4n) is 3.20. The number of hydroxylamine groups is 1. The number of unbranched alkanes of at least 4 members (excludes halogenated alkanes) is 1. The highest BCUT2D eigenvalue weighted by atomic mass is 19.1. The van der Waals surface area contributed by atoms with Gasteiger partial charge >= 0.3 is 5.97 Å². The molecule has 0 saturated carbocycles. The fourth-order valence-corrected chi connectivity index (χ4v) is 3.20. The van der Waals surface area contributed by atoms with Gasteiger partial charge in [0.25, 0.3) is 5.89 Å². The molecular weight excluding hydrogens is 481 g/mol. The van der Waals surface area contributed by atoms with Gasteiger partial charge in [0.05, 0.1) is 13.2 Å². The standard InChI is InChI=1S/C27H32FN3O6/c1-4-7-16-36-31-23(26-30-29-25(37-26)20-10-12-21(28)13-11-20)18-35-22-14-8-19(9-15-22)17-24(33-5-2)27(32)34-6-3/h8-15,18,24,31H,4-7,16-17H2,1-3H3. The van der Waals surface area contributed by atoms with Crippen molar-refractivity contribution in [3.05, 3.63) is 72.1 Å². The quantitative estimate of drug-likeness (QED) is 0.129. The van der Waals surface area contributed by atoms with Crippen molar-refractivity contribution in [1.82, 2.24) is 15.7 Å². The monoisotopic (exact) mass is 513 g/mol. The molecule has 0 spiro atoms. The molecule has 0 fully saturated rings. The van der Waals surface area contributed by atoms with E-state index in [1.165, 1.54) is 18.4 Å². The molecule has 1 aromatic heterocycles. The van der Waals surface area contributed by atoms with Gasteiger partial charge in [-0.2, -0.15) is 0 Å². The summed E-state index contributed by atoms with van der Waals surface area (Å²) < 4.78 is 35.4. The summed E-state index contributed by atoms with van der Waals surface area (Å²) in [6.45, 7) is 6.83. The van der Waals surface area contributed by atoms with Crippen molar-refractivity contribution in [2.75, 3.05) is 19.8 Å². The van der Waals surface area contributed by atoms with E-state index in [1.54, 1.807) is 31.2 Å². The number of benzene rings is 2. The predicted octanol–water partition coefficient (Wildman–Crippen LogP) is 5.09. The predicted molar refractivity (Wildman–Crippen MR) is 134 cm³/mol. The molecule has 1 atom stereocenters. The molecule has 0 radical (unpaired) electrons. The number of aromatic nitrogens is 2. The maximum atomic E-state index is 13.2. The lowest BCUT2D eigenvalue weighted by molar-refractivity contribution is -0.156. The van der Waals surface area contributed by atoms with Crippen LogP contribution in [0.3, 0.4) is 0 Å². The Morgan fingerprint density at radius 2 is 1.81 bits per heavy atom. The number of carbonyl (C=O) groups excluding carboxylic acids is 1. The number of nitrogens with zero attached hydrogens (tertiary/aromatic N) is 2. The van der Waals surface area contributed by atoms with Crippen LogP contribution >= 0.6 is 0 Å². The van der Waals surface area contributed by atoms with Crippen molar-refractivity contribution in [3.8, 4) is 17.2 Å². The highest BCUT2D eigenvalue weighted by molar-refractivity contribution is 5.75. The normalized spacial score (nSPS) is 12.3. The highest BCUT2D eigenvalue weighted by Gasteiger charge is 2.20. The van der Waals surface area contributed by atoms with Crippen LogP contribution in [0.2, 0.25) is 0 Å². The molecule has 0 bridgehead atoms. The second-order valence-corrected chi connectivity index (χ2v) is 7.92. The molecule has 3 rings (SSSR count). The number of esters is 1. The first-order valence-electron chi connectivity index (χ1n) is 12.3. The van der Waals surface area contributed by atoms with Crippen LogP contribution in [-0.2, 0) is 25.5 Å². The highest BCUT2D eigenvalue weighted by Crippen LogP contribution is 2.22. The smallest absolute Gasteiger partial charge is 0.335 e. The first kappa shape index (κ1) is 27.8. The molecule has 0 aliphatic heterocycles. The van der Waals surface area contributed by atoms with Crippen molar-refractivity contribution in [1.29, 1.82) is 0 Å². The van der Waals surface area contributed by atoms with Crippen LogP contribution < -0.4 is 10.2 Å². The minimum Gasteiger partial charge on any atom is -0.464 e. The fraction of sp³-hybridized carbons (Fsp3) is 0.370. The third kappa shape index (κ3) is 8.69. The summed E-state index contributed by atoms with van der Waals surface area (Å²) in [5.41, 5.74) is 4.60. The molecule has 10 heteroatoms. The van der Waals surface area contributed by atoms with E-state index in [2.05, 4.69) is 22.6 Å². The molecule has 3 aromatic rings. The summed E-state index contributed by atoms with van der Waals surface area (Å²) in [6.07, 6.45) is 2.96. The second-order valence-electron chi connectivity index (χ2n) is 7.92. The SMILES string of the molecule is CCCCONC(=COc1ccc(CC(OCC)C(=O)OCC)cc1)c1nnc(-c2ccc(F)cc2)o1. The van der Waals surface area contributed by atoms with Gasteiger partial charge in [-0.3, -0.25) is 10.3 Å². The molecule has 9 nitrogen and oxygen atoms in total. The average molecular weight is 514 g/mol. The third-order valence-electron chi connectivity index (χ3n) is 5.10. The van der Waals surface area contributed by atoms with Crippen molar-refractivity contribution in [2.24, 2.45) is 0 Å². The second kappa shape index (κ2) is 14.7. The largest absolute Gasteiger partial charge is 0.464 e. The van der Waals surface area contributed by atoms with E-state index < -0.39 is 6.10 Å². The van der Waals surface area contributed by atoms with Gasteiger partial charge in [0.15, 0.2) is 11.8 Å². The molecule has 1 N–H and O–H groups in total. The zero-order valence-corrected chi connectivity index (χ0v) is 21.2. The van der Waals surface area contributed by atoms with Gasteiger partial charge in [-0.15, -0.1) is 10.2 Å². The number of carbonyl (C=O) groups is 1. The molecule has 0 aliphatic rings. The van der Waals surface area contributed by atoms with Crippen LogP contribution in [0.4, 0.5) is 4.39 Å². The minimum absolute atomic E-state index is 0.140. The van der Waals surface area contributed by atoms with E-state index in [9.17, 15) is 9.18 Å². The van der Waals surface area contributed by atoms with E-state index in [0.717, 1.165) is 18.4 Å². The maximum Gasteiger partial charge on any atom is 0.335 e. The van der Waals surface area contributed by atoms with Crippen molar-refractivity contribution < 1.29 is 32.7 Å². The Morgan fingerprint density at radius 3 is 2.49 bits per heavy atom. The molecular formula is C27H32FN3O6. The Bertz CT molecular complexity index is 1130. The topological polar surface area (TPSA) is 105 Å². The van der Waals surface area contributed by atoms with Gasteiger partial charge < -0.3 is 18.6 Å². The average Bonchev–Trinajstić information content (AvgIpc) is 3.39. The minimum atomic E-state index is -0.666. The van der Waals surface area contributed by atoms with Crippen LogP contribution in [0.25, 0.3) is 17.2 Å². The molecule has 0 amide bonds. The van der Waals surface area contributed by atoms with E-state index in [0.29, 0.717) is 43.3 Å². The maximum absolute atomic E-state index is 13.2. The lowest BCUT2D eigenvalue weighted by Gasteiger charge is -2.15. The van der Waals surface area contributed by atoms with E-state index in [4.69, 9.17) is 23.5 Å². The van der Waals surface area contributed by atoms with Crippen molar-refractivity contribution in [2.45, 2.75) is 46.1 Å². The molecule has 1 unspecified atom stereocenters. The molecule has 0 saturated heterocycles. The van der Waals surface area contributed by atoms with Crippen LogP contribution in [0.1, 0.15) is 45.1 Å². The van der Waals surface area contributed by atoms with Gasteiger partial charge in [0.1, 0.15) is 17.8 Å². The Balaban J connectivity index is 1.71. The summed E-state index contributed by atoms with van der Waals surface area (Å²) in [4.78, 5) is 17.6. The van der Waals surface area contributed by atoms with Crippen LogP contribution in [-0.4, -0.2) is 42.1 Å². The first-order chi connectivity index (χ1) is 18.0. The Hall–Kier alpha value is -3.76. The van der Waals surface area contributed by atoms with Crippen LogP contribution in [0, 0.1) is 5.82 Å². The van der Waals surface area contributed by atoms with Gasteiger partial charge in [0.2, 0.25) is 5.89 Å². The number of rotatable bonds is 15. The van der Waals surface area contributed by atoms with Gasteiger partial charge in [0, 0.05) is 18.6 Å². The van der Waals surface area contributed by atoms with E-state index in [-0.39, 0.29) is 23.6 Å². The van der Waals surface area contributed by atoms with Crippen LogP contribution in [0.5, 0.6) is 5.75 Å². The van der Waals surface area contributed by atoms with Crippen molar-refractivity contribution in [3.63, 3.8) is 0 Å². The molecule has 0 aliphatic carbocycles. The lowest BCUT2D eigenvalue weighted by Crippen LogP contribution is -2.28. The molecule has 2 aromatic carbocycles. The Morgan fingerprint density at radius 1 is 1.05 bits per heavy atom. The first-order valence-corrected chi connectivity index (χ1v) is 12.3. The Labute approximate surface area is 215 Å². The third-order valence-corrected chi connectivity index (χ3v) is 5.10. The van der Waals surface area contributed by atoms with E-state index in [1.807, 2.05) is 19.1 Å². The summed E-state index contributed by atoms with van der Waals surface area (Å²) in [5.74, 6) is 0.168. The summed E-state index contributed by atoms with van der Waals surface area (Å²) in [7, 11) is 0. The van der Waals surface area contributed by atoms with Gasteiger partial charge in [-0.25, -0.2) is 9.18 Å². The number of hydrogen-bond acceptors (Lipinski definition) is 9. The zero-order chi connectivity index (χ0) is 26.5. The molecule has 37 heavy (non-hydrogen) atoms. The van der Waals surface area contributed by atoms with Crippen molar-refractivity contribution >= 4 is 11.7 Å². The van der Waals surface area contributed by atoms with Gasteiger partial charge in [-0.1, -0.05) is 25.5 Å². The van der Waals surface area contributed by atoms with Gasteiger partial charge in [-0.05, 0) is 62.2 Å². The number of ether oxygens (including phenoxy) is 3. The molecule has 1 heterocycles. The number of hydrogen-bond donors (Lipinski definition) is 1. The van der Waals surface area contributed by atoms with Crippen LogP contribution in [0.15, 0.2) is 59.2 Å². The summed E-state index contributed by atoms with van der Waals surface area (Å²) in [5, 5.41) is 8.10. The van der Waals surface area contributed by atoms with E-state index >= 15 is 0 Å². The summed E-state index contributed by atoms with van der Waals surface area (Å²) in [6, 6.07) is 13.0.